The lowest BCUT2D eigenvalue weighted by molar-refractivity contribution is -0.468. The van der Waals surface area contributed by atoms with Gasteiger partial charge in [-0.15, -0.1) is 0 Å². The van der Waals surface area contributed by atoms with E-state index >= 15 is 0 Å². The van der Waals surface area contributed by atoms with Crippen LogP contribution in [0.5, 0.6) is 0 Å². The predicted octanol–water partition coefficient (Wildman–Crippen LogP) is 4.82. The Morgan fingerprint density at radius 2 is 2.05 bits per heavy atom. The molecule has 3 aromatic rings. The first-order valence-corrected chi connectivity index (χ1v) is 14.1. The molecular formula is C32H39N6O+. The summed E-state index contributed by atoms with van der Waals surface area (Å²) in [5.41, 5.74) is 4.34. The lowest BCUT2D eigenvalue weighted by atomic mass is 9.91. The zero-order chi connectivity index (χ0) is 27.4. The second-order valence-electron chi connectivity index (χ2n) is 11.0. The van der Waals surface area contributed by atoms with Crippen molar-refractivity contribution in [3.05, 3.63) is 69.8 Å². The number of likely N-dealkylation sites (tertiary alicyclic amines) is 1. The quantitative estimate of drug-likeness (QED) is 0.355. The van der Waals surface area contributed by atoms with Crippen molar-refractivity contribution in [1.29, 1.82) is 0 Å². The fourth-order valence-electron chi connectivity index (χ4n) is 5.50. The molecule has 0 bridgehead atoms. The van der Waals surface area contributed by atoms with Crippen molar-refractivity contribution in [3.8, 4) is 11.8 Å². The third kappa shape index (κ3) is 6.46. The largest absolute Gasteiger partial charge is 0.324 e. The van der Waals surface area contributed by atoms with Crippen LogP contribution in [0.25, 0.3) is 11.0 Å². The average Bonchev–Trinajstić information content (AvgIpc) is 3.38. The molecule has 202 valence electrons. The molecule has 2 aliphatic rings. The zero-order valence-corrected chi connectivity index (χ0v) is 23.6. The fraction of sp³-hybridized carbons (Fsp3) is 0.438. The van der Waals surface area contributed by atoms with E-state index < -0.39 is 0 Å². The minimum atomic E-state index is -0.123. The van der Waals surface area contributed by atoms with Crippen LogP contribution in [0, 0.1) is 23.7 Å². The molecule has 0 amide bonds. The van der Waals surface area contributed by atoms with Crippen molar-refractivity contribution in [2.75, 3.05) is 32.0 Å². The summed E-state index contributed by atoms with van der Waals surface area (Å²) >= 11 is 0. The second-order valence-corrected chi connectivity index (χ2v) is 11.0. The lowest BCUT2D eigenvalue weighted by Gasteiger charge is -2.29. The van der Waals surface area contributed by atoms with E-state index in [1.54, 1.807) is 10.8 Å². The van der Waals surface area contributed by atoms with Gasteiger partial charge in [-0.1, -0.05) is 37.8 Å². The maximum absolute atomic E-state index is 13.6. The lowest BCUT2D eigenvalue weighted by Crippen LogP contribution is -2.32. The first-order valence-electron chi connectivity index (χ1n) is 14.1. The number of likely N-dealkylation sites (N-methyl/N-ethyl adjacent to an activating group) is 1. The number of aromatic nitrogens is 3. The predicted molar refractivity (Wildman–Crippen MR) is 159 cm³/mol. The van der Waals surface area contributed by atoms with Crippen LogP contribution in [0.15, 0.2) is 53.1 Å². The summed E-state index contributed by atoms with van der Waals surface area (Å²) in [6.45, 7) is 9.84. The molecule has 39 heavy (non-hydrogen) atoms. The van der Waals surface area contributed by atoms with Crippen molar-refractivity contribution in [2.24, 2.45) is 11.8 Å². The molecule has 0 spiro atoms. The van der Waals surface area contributed by atoms with Crippen LogP contribution in [-0.4, -0.2) is 56.9 Å². The number of piperidine rings is 1. The maximum atomic E-state index is 13.6. The standard InChI is InChI=1S/C32H38N6O/c1-5-37-17-7-9-29(37)22-38-30-27(19-26(31(38)39)13-10-23(2)3)20-33-32(35-30)34-28-14-11-24(12-15-28)18-25-8-6-16-36(4)21-25/h9,11-12,14-15,17,19-20,23,25H,5-8,16,18,21-22H2,1-4H3/p+1. The first kappa shape index (κ1) is 26.8. The molecule has 1 N–H and O–H groups in total. The van der Waals surface area contributed by atoms with E-state index in [1.807, 2.05) is 19.9 Å². The van der Waals surface area contributed by atoms with Crippen LogP contribution in [-0.2, 0) is 13.0 Å². The van der Waals surface area contributed by atoms with Crippen molar-refractivity contribution in [3.63, 3.8) is 0 Å². The Balaban J connectivity index is 1.42. The topological polar surface area (TPSA) is 66.1 Å². The van der Waals surface area contributed by atoms with E-state index in [2.05, 4.69) is 82.1 Å². The molecular weight excluding hydrogens is 484 g/mol. The molecule has 1 atom stereocenters. The van der Waals surface area contributed by atoms with Gasteiger partial charge in [0.2, 0.25) is 5.95 Å². The van der Waals surface area contributed by atoms with Crippen LogP contribution in [0.3, 0.4) is 0 Å². The van der Waals surface area contributed by atoms with Gasteiger partial charge in [-0.05, 0) is 75.5 Å². The number of nitrogens with one attached hydrogen (secondary N) is 1. The summed E-state index contributed by atoms with van der Waals surface area (Å²) in [7, 11) is 2.21. The molecule has 7 nitrogen and oxygen atoms in total. The van der Waals surface area contributed by atoms with Gasteiger partial charge in [0.05, 0.1) is 5.56 Å². The Kier molecular flexibility index (Phi) is 8.23. The van der Waals surface area contributed by atoms with Crippen LogP contribution in [0.2, 0.25) is 0 Å². The minimum Gasteiger partial charge on any atom is -0.324 e. The first-order chi connectivity index (χ1) is 18.9. The van der Waals surface area contributed by atoms with E-state index in [-0.39, 0.29) is 11.5 Å². The van der Waals surface area contributed by atoms with Gasteiger partial charge in [-0.2, -0.15) is 4.98 Å². The van der Waals surface area contributed by atoms with Crippen LogP contribution in [0.1, 0.15) is 51.2 Å². The summed E-state index contributed by atoms with van der Waals surface area (Å²) in [6, 6.07) is 10.4. The summed E-state index contributed by atoms with van der Waals surface area (Å²) in [6.07, 6.45) is 10.7. The number of hydrogen-bond acceptors (Lipinski definition) is 5. The third-order valence-corrected chi connectivity index (χ3v) is 7.49. The van der Waals surface area contributed by atoms with Crippen molar-refractivity contribution in [2.45, 2.75) is 53.0 Å². The molecule has 1 saturated heterocycles. The van der Waals surface area contributed by atoms with Crippen molar-refractivity contribution < 1.29 is 4.58 Å². The summed E-state index contributed by atoms with van der Waals surface area (Å²) in [4.78, 5) is 25.4. The second kappa shape index (κ2) is 12.0. The molecule has 7 heteroatoms. The molecule has 1 unspecified atom stereocenters. The Morgan fingerprint density at radius 3 is 2.79 bits per heavy atom. The van der Waals surface area contributed by atoms with Crippen LogP contribution in [0.4, 0.5) is 11.6 Å². The number of anilines is 2. The molecule has 1 fully saturated rings. The Hall–Kier alpha value is -3.76. The van der Waals surface area contributed by atoms with Gasteiger partial charge in [0, 0.05) is 36.2 Å². The van der Waals surface area contributed by atoms with E-state index in [0.29, 0.717) is 23.7 Å². The molecule has 0 saturated carbocycles. The smallest absolute Gasteiger partial charge is 0.268 e. The highest BCUT2D eigenvalue weighted by Gasteiger charge is 2.21. The third-order valence-electron chi connectivity index (χ3n) is 7.49. The van der Waals surface area contributed by atoms with Gasteiger partial charge in [-0.25, -0.2) is 9.56 Å². The van der Waals surface area contributed by atoms with Gasteiger partial charge < -0.3 is 10.2 Å². The number of allylic oxidation sites excluding steroid dienone is 2. The highest BCUT2D eigenvalue weighted by Crippen LogP contribution is 2.23. The molecule has 2 aromatic heterocycles. The van der Waals surface area contributed by atoms with Crippen LogP contribution >= 0.6 is 0 Å². The highest BCUT2D eigenvalue weighted by molar-refractivity contribution is 5.77. The van der Waals surface area contributed by atoms with E-state index in [0.717, 1.165) is 42.1 Å². The number of hydrogen-bond donors (Lipinski definition) is 1. The number of nitrogens with zero attached hydrogens (tertiary/aromatic N) is 5. The molecule has 0 aliphatic carbocycles. The Morgan fingerprint density at radius 1 is 1.23 bits per heavy atom. The SMILES string of the molecule is CC[N+]1=CCC=C1Cn1c(=O)c(C#CC(C)C)cc2cnc(Nc3ccc(CC4CCCN(C)C4)cc3)nc21. The van der Waals surface area contributed by atoms with Crippen molar-refractivity contribution in [1.82, 2.24) is 19.4 Å². The summed E-state index contributed by atoms with van der Waals surface area (Å²) < 4.78 is 3.93. The molecule has 0 radical (unpaired) electrons. The van der Waals surface area contributed by atoms with Gasteiger partial charge in [0.25, 0.3) is 5.56 Å². The number of rotatable bonds is 7. The van der Waals surface area contributed by atoms with Gasteiger partial charge >= 0.3 is 0 Å². The summed E-state index contributed by atoms with van der Waals surface area (Å²) in [5.74, 6) is 7.59. The van der Waals surface area contributed by atoms with E-state index in [9.17, 15) is 4.79 Å². The van der Waals surface area contributed by atoms with Gasteiger partial charge in [0.15, 0.2) is 5.70 Å². The Labute approximate surface area is 231 Å². The minimum absolute atomic E-state index is 0.123. The number of fused-ring (bicyclic) bond motifs is 1. The van der Waals surface area contributed by atoms with E-state index in [1.165, 1.54) is 31.5 Å². The molecule has 2 aliphatic heterocycles. The monoisotopic (exact) mass is 523 g/mol. The number of pyridine rings is 1. The molecule has 5 rings (SSSR count). The molecule has 4 heterocycles. The zero-order valence-electron chi connectivity index (χ0n) is 23.6. The summed E-state index contributed by atoms with van der Waals surface area (Å²) in [5, 5.41) is 4.14. The fourth-order valence-corrected chi connectivity index (χ4v) is 5.50. The van der Waals surface area contributed by atoms with E-state index in [4.69, 9.17) is 4.98 Å². The van der Waals surface area contributed by atoms with Crippen LogP contribution < -0.4 is 10.9 Å². The van der Waals surface area contributed by atoms with Gasteiger partial charge in [-0.3, -0.25) is 9.36 Å². The Bertz CT molecular complexity index is 1520. The molecule has 1 aromatic carbocycles. The van der Waals surface area contributed by atoms with Crippen molar-refractivity contribution >= 4 is 28.9 Å². The average molecular weight is 524 g/mol. The van der Waals surface area contributed by atoms with Gasteiger partial charge in [0.1, 0.15) is 25.0 Å². The normalized spacial score (nSPS) is 17.6. The highest BCUT2D eigenvalue weighted by atomic mass is 16.1. The number of benzene rings is 1. The maximum Gasteiger partial charge on any atom is 0.268 e.